The van der Waals surface area contributed by atoms with Gasteiger partial charge in [0.1, 0.15) is 17.0 Å². The Morgan fingerprint density at radius 2 is 1.97 bits per heavy atom. The zero-order chi connectivity index (χ0) is 26.1. The molecule has 1 aliphatic heterocycles. The van der Waals surface area contributed by atoms with Crippen LogP contribution < -0.4 is 14.8 Å². The first kappa shape index (κ1) is 24.7. The van der Waals surface area contributed by atoms with Crippen LogP contribution in [-0.2, 0) is 5.54 Å². The highest BCUT2D eigenvalue weighted by molar-refractivity contribution is 5.99. The SMILES string of the molecule is C=Cc1cc(C(=O)NC2(c3ccc(OC(F)(F)F)c(F)c3)CCOc3cccnc32)ccc1C(=O)O. The predicted octanol–water partition coefficient (Wildman–Crippen LogP) is 4.92. The number of alkyl halides is 3. The fourth-order valence-corrected chi connectivity index (χ4v) is 4.04. The highest BCUT2D eigenvalue weighted by Gasteiger charge is 2.43. The highest BCUT2D eigenvalue weighted by atomic mass is 19.4. The molecule has 186 valence electrons. The number of ether oxygens (including phenoxy) is 2. The Morgan fingerprint density at radius 1 is 1.19 bits per heavy atom. The van der Waals surface area contributed by atoms with Gasteiger partial charge in [0.05, 0.1) is 12.2 Å². The third-order valence-corrected chi connectivity index (χ3v) is 5.65. The van der Waals surface area contributed by atoms with E-state index in [1.165, 1.54) is 36.5 Å². The molecular formula is C25H18F4N2O5. The summed E-state index contributed by atoms with van der Waals surface area (Å²) < 4.78 is 62.0. The Labute approximate surface area is 202 Å². The third kappa shape index (κ3) is 4.72. The number of nitrogens with zero attached hydrogens (tertiary/aromatic N) is 1. The normalized spacial score (nSPS) is 16.9. The lowest BCUT2D eigenvalue weighted by Gasteiger charge is -2.39. The van der Waals surface area contributed by atoms with E-state index in [1.54, 1.807) is 12.1 Å². The van der Waals surface area contributed by atoms with Crippen LogP contribution in [0, 0.1) is 5.82 Å². The molecule has 1 aliphatic rings. The van der Waals surface area contributed by atoms with Gasteiger partial charge in [0.25, 0.3) is 5.91 Å². The lowest BCUT2D eigenvalue weighted by Crippen LogP contribution is -2.50. The van der Waals surface area contributed by atoms with Crippen LogP contribution >= 0.6 is 0 Å². The summed E-state index contributed by atoms with van der Waals surface area (Å²) in [4.78, 5) is 29.1. The van der Waals surface area contributed by atoms with Gasteiger partial charge in [0, 0.05) is 18.2 Å². The fourth-order valence-electron chi connectivity index (χ4n) is 4.04. The van der Waals surface area contributed by atoms with Crippen molar-refractivity contribution in [2.24, 2.45) is 0 Å². The highest BCUT2D eigenvalue weighted by Crippen LogP contribution is 2.42. The van der Waals surface area contributed by atoms with E-state index in [0.29, 0.717) is 5.75 Å². The summed E-state index contributed by atoms with van der Waals surface area (Å²) in [5, 5.41) is 12.1. The van der Waals surface area contributed by atoms with Crippen LogP contribution in [0.25, 0.3) is 6.08 Å². The molecule has 0 saturated carbocycles. The van der Waals surface area contributed by atoms with Crippen LogP contribution in [0.15, 0.2) is 61.3 Å². The van der Waals surface area contributed by atoms with Crippen molar-refractivity contribution in [1.29, 1.82) is 0 Å². The maximum absolute atomic E-state index is 14.7. The topological polar surface area (TPSA) is 97.8 Å². The summed E-state index contributed by atoms with van der Waals surface area (Å²) in [7, 11) is 0. The van der Waals surface area contributed by atoms with Gasteiger partial charge in [-0.3, -0.25) is 9.78 Å². The Bertz CT molecular complexity index is 1360. The predicted molar refractivity (Wildman–Crippen MR) is 119 cm³/mol. The third-order valence-electron chi connectivity index (χ3n) is 5.65. The maximum Gasteiger partial charge on any atom is 0.573 e. The molecule has 0 fully saturated rings. The number of amides is 1. The number of carboxylic acid groups (broad SMARTS) is 1. The number of hydrogen-bond acceptors (Lipinski definition) is 5. The van der Waals surface area contributed by atoms with E-state index in [4.69, 9.17) is 4.74 Å². The molecule has 2 N–H and O–H groups in total. The van der Waals surface area contributed by atoms with Gasteiger partial charge in [-0.25, -0.2) is 9.18 Å². The Morgan fingerprint density at radius 3 is 2.64 bits per heavy atom. The average Bonchev–Trinajstić information content (AvgIpc) is 2.84. The summed E-state index contributed by atoms with van der Waals surface area (Å²) in [5.41, 5.74) is -0.929. The minimum atomic E-state index is -5.09. The van der Waals surface area contributed by atoms with Gasteiger partial charge in [-0.2, -0.15) is 0 Å². The number of carbonyl (C=O) groups is 2. The van der Waals surface area contributed by atoms with Crippen molar-refractivity contribution in [1.82, 2.24) is 10.3 Å². The van der Waals surface area contributed by atoms with Crippen molar-refractivity contribution in [3.63, 3.8) is 0 Å². The molecule has 1 aromatic heterocycles. The summed E-state index contributed by atoms with van der Waals surface area (Å²) in [5.74, 6) is -3.88. The molecule has 11 heteroatoms. The summed E-state index contributed by atoms with van der Waals surface area (Å²) in [6, 6.07) is 9.94. The average molecular weight is 502 g/mol. The first-order valence-electron chi connectivity index (χ1n) is 10.5. The second-order valence-electron chi connectivity index (χ2n) is 7.81. The van der Waals surface area contributed by atoms with E-state index in [0.717, 1.165) is 12.1 Å². The minimum Gasteiger partial charge on any atom is -0.491 e. The van der Waals surface area contributed by atoms with Crippen LogP contribution in [0.2, 0.25) is 0 Å². The number of carbonyl (C=O) groups excluding carboxylic acids is 1. The van der Waals surface area contributed by atoms with Gasteiger partial charge >= 0.3 is 12.3 Å². The molecule has 36 heavy (non-hydrogen) atoms. The van der Waals surface area contributed by atoms with Gasteiger partial charge in [0.2, 0.25) is 0 Å². The summed E-state index contributed by atoms with van der Waals surface area (Å²) in [6.07, 6.45) is -2.30. The second-order valence-corrected chi connectivity index (χ2v) is 7.81. The largest absolute Gasteiger partial charge is 0.573 e. The van der Waals surface area contributed by atoms with Crippen molar-refractivity contribution in [3.8, 4) is 11.5 Å². The van der Waals surface area contributed by atoms with Crippen LogP contribution in [0.5, 0.6) is 11.5 Å². The lowest BCUT2D eigenvalue weighted by atomic mass is 9.81. The molecule has 1 atom stereocenters. The monoisotopic (exact) mass is 502 g/mol. The van der Waals surface area contributed by atoms with E-state index in [9.17, 15) is 32.3 Å². The summed E-state index contributed by atoms with van der Waals surface area (Å²) in [6.45, 7) is 3.65. The molecule has 2 aromatic carbocycles. The van der Waals surface area contributed by atoms with E-state index >= 15 is 0 Å². The van der Waals surface area contributed by atoms with Gasteiger partial charge in [-0.1, -0.05) is 18.7 Å². The number of halogens is 4. The molecule has 0 spiro atoms. The van der Waals surface area contributed by atoms with Crippen molar-refractivity contribution in [3.05, 3.63) is 95.1 Å². The number of rotatable bonds is 6. The first-order valence-corrected chi connectivity index (χ1v) is 10.5. The van der Waals surface area contributed by atoms with Crippen LogP contribution in [0.3, 0.4) is 0 Å². The first-order chi connectivity index (χ1) is 17.0. The molecular weight excluding hydrogens is 484 g/mol. The molecule has 0 bridgehead atoms. The zero-order valence-electron chi connectivity index (χ0n) is 18.4. The lowest BCUT2D eigenvalue weighted by molar-refractivity contribution is -0.275. The Balaban J connectivity index is 1.81. The smallest absolute Gasteiger partial charge is 0.491 e. The molecule has 0 radical (unpaired) electrons. The van der Waals surface area contributed by atoms with E-state index in [-0.39, 0.29) is 41.0 Å². The van der Waals surface area contributed by atoms with Crippen LogP contribution in [0.1, 0.15) is 44.0 Å². The number of fused-ring (bicyclic) bond motifs is 1. The van der Waals surface area contributed by atoms with Crippen molar-refractivity contribution < 1.29 is 41.7 Å². The molecule has 0 aliphatic carbocycles. The van der Waals surface area contributed by atoms with Crippen molar-refractivity contribution >= 4 is 18.0 Å². The van der Waals surface area contributed by atoms with E-state index in [2.05, 4.69) is 21.6 Å². The number of aromatic nitrogens is 1. The number of nitrogens with one attached hydrogen (secondary N) is 1. The van der Waals surface area contributed by atoms with E-state index in [1.807, 2.05) is 0 Å². The fraction of sp³-hybridized carbons (Fsp3) is 0.160. The zero-order valence-corrected chi connectivity index (χ0v) is 18.4. The number of pyridine rings is 1. The van der Waals surface area contributed by atoms with Crippen molar-refractivity contribution in [2.45, 2.75) is 18.3 Å². The Hall–Kier alpha value is -4.41. The number of aromatic carboxylic acids is 1. The molecule has 2 heterocycles. The van der Waals surface area contributed by atoms with Gasteiger partial charge in [0.15, 0.2) is 11.6 Å². The van der Waals surface area contributed by atoms with E-state index < -0.39 is 35.3 Å². The molecule has 7 nitrogen and oxygen atoms in total. The quantitative estimate of drug-likeness (QED) is 0.465. The molecule has 4 rings (SSSR count). The number of hydrogen-bond donors (Lipinski definition) is 2. The molecule has 3 aromatic rings. The van der Waals surface area contributed by atoms with Gasteiger partial charge in [-0.05, 0) is 53.6 Å². The van der Waals surface area contributed by atoms with Crippen molar-refractivity contribution in [2.75, 3.05) is 6.61 Å². The van der Waals surface area contributed by atoms with Crippen LogP contribution in [-0.4, -0.2) is 34.9 Å². The Kier molecular flexibility index (Phi) is 6.40. The molecule has 1 amide bonds. The van der Waals surface area contributed by atoms with Gasteiger partial charge in [-0.15, -0.1) is 13.2 Å². The number of benzene rings is 2. The number of carboxylic acids is 1. The molecule has 0 saturated heterocycles. The standard InChI is InChI=1S/C25H18F4N2O5/c1-2-14-12-15(5-7-17(14)23(33)34)22(32)31-24(9-11-35-20-4-3-10-30-21(20)24)16-6-8-19(18(26)13-16)36-25(27,28)29/h2-8,10,12-13H,1,9,11H2,(H,31,32)(H,33,34). The second kappa shape index (κ2) is 9.33. The van der Waals surface area contributed by atoms with Gasteiger partial charge < -0.3 is 19.9 Å². The van der Waals surface area contributed by atoms with Crippen LogP contribution in [0.4, 0.5) is 17.6 Å². The molecule has 1 unspecified atom stereocenters. The minimum absolute atomic E-state index is 0.0586. The maximum atomic E-state index is 14.7. The summed E-state index contributed by atoms with van der Waals surface area (Å²) >= 11 is 0.